The Morgan fingerprint density at radius 3 is 2.50 bits per heavy atom. The Morgan fingerprint density at radius 1 is 1.14 bits per heavy atom. The number of halogens is 1. The highest BCUT2D eigenvalue weighted by Gasteiger charge is 2.48. The summed E-state index contributed by atoms with van der Waals surface area (Å²) < 4.78 is 12.1. The third-order valence-electron chi connectivity index (χ3n) is 5.36. The second-order valence-corrected chi connectivity index (χ2v) is 9.43. The van der Waals surface area contributed by atoms with E-state index in [0.717, 1.165) is 16.4 Å². The third kappa shape index (κ3) is 5.10. The van der Waals surface area contributed by atoms with Gasteiger partial charge in [-0.1, -0.05) is 52.9 Å². The first-order valence-electron chi connectivity index (χ1n) is 9.79. The zero-order valence-electron chi connectivity index (χ0n) is 16.8. The van der Waals surface area contributed by atoms with Crippen LogP contribution in [0.5, 0.6) is 0 Å². The van der Waals surface area contributed by atoms with E-state index in [1.807, 2.05) is 56.0 Å². The van der Waals surface area contributed by atoms with Crippen LogP contribution < -0.4 is 0 Å². The number of nitrogens with zero attached hydrogens (tertiary/aromatic N) is 2. The van der Waals surface area contributed by atoms with Crippen molar-refractivity contribution < 1.29 is 19.1 Å². The zero-order valence-corrected chi connectivity index (χ0v) is 18.9. The molecule has 7 heteroatoms. The maximum atomic E-state index is 12.7. The van der Waals surface area contributed by atoms with E-state index in [-0.39, 0.29) is 24.8 Å². The number of amides is 2. The molecule has 0 bridgehead atoms. The van der Waals surface area contributed by atoms with Gasteiger partial charge in [0.2, 0.25) is 0 Å². The number of hydrogen-bond donors (Lipinski definition) is 0. The predicted octanol–water partition coefficient (Wildman–Crippen LogP) is 4.32. The first-order valence-corrected chi connectivity index (χ1v) is 11.3. The Balaban J connectivity index is 1.63. The Labute approximate surface area is 180 Å². The maximum absolute atomic E-state index is 12.7. The van der Waals surface area contributed by atoms with Gasteiger partial charge in [-0.2, -0.15) is 0 Å². The molecular formula is C21H29IN2O4. The Hall–Kier alpha value is -1.51. The molecule has 1 aromatic rings. The molecule has 2 heterocycles. The van der Waals surface area contributed by atoms with Crippen LogP contribution in [0.4, 0.5) is 9.59 Å². The number of rotatable bonds is 3. The van der Waals surface area contributed by atoms with Crippen molar-refractivity contribution in [1.29, 1.82) is 0 Å². The van der Waals surface area contributed by atoms with Gasteiger partial charge in [0, 0.05) is 24.1 Å². The average Bonchev–Trinajstić information content (AvgIpc) is 3.03. The third-order valence-corrected chi connectivity index (χ3v) is 6.49. The summed E-state index contributed by atoms with van der Waals surface area (Å²) in [5, 5.41) is 0. The molecule has 2 aliphatic rings. The molecule has 28 heavy (non-hydrogen) atoms. The highest BCUT2D eigenvalue weighted by atomic mass is 127. The number of ether oxygens (including phenoxy) is 2. The standard InChI is InChI=1S/C21H29IN2O4/c1-21(2,3)28-20(26)24-12-16(11-22)17-9-10-23(13-18(17)24)19(25)27-14-15-7-5-4-6-8-15/h4-8,16-18H,9-14H2,1-3H3/t16-,17-,18-/m0/s1. The smallest absolute Gasteiger partial charge is 0.410 e. The van der Waals surface area contributed by atoms with Crippen molar-refractivity contribution in [2.75, 3.05) is 24.1 Å². The fraction of sp³-hybridized carbons (Fsp3) is 0.619. The lowest BCUT2D eigenvalue weighted by atomic mass is 9.86. The van der Waals surface area contributed by atoms with Crippen molar-refractivity contribution in [3.63, 3.8) is 0 Å². The number of benzene rings is 1. The molecule has 0 unspecified atom stereocenters. The summed E-state index contributed by atoms with van der Waals surface area (Å²) in [5.74, 6) is 0.850. The normalized spacial score (nSPS) is 24.6. The first kappa shape index (κ1) is 21.2. The summed E-state index contributed by atoms with van der Waals surface area (Å²) >= 11 is 2.39. The number of fused-ring (bicyclic) bond motifs is 1. The van der Waals surface area contributed by atoms with Crippen LogP contribution in [0.2, 0.25) is 0 Å². The molecule has 154 valence electrons. The van der Waals surface area contributed by atoms with E-state index in [2.05, 4.69) is 22.6 Å². The maximum Gasteiger partial charge on any atom is 0.410 e. The minimum absolute atomic E-state index is 0.00681. The van der Waals surface area contributed by atoms with Gasteiger partial charge < -0.3 is 19.3 Å². The van der Waals surface area contributed by atoms with Gasteiger partial charge in [0.25, 0.3) is 0 Å². The minimum Gasteiger partial charge on any atom is -0.445 e. The van der Waals surface area contributed by atoms with E-state index < -0.39 is 5.60 Å². The van der Waals surface area contributed by atoms with Gasteiger partial charge >= 0.3 is 12.2 Å². The molecule has 0 aliphatic carbocycles. The van der Waals surface area contributed by atoms with E-state index in [4.69, 9.17) is 9.47 Å². The summed E-state index contributed by atoms with van der Waals surface area (Å²) in [6.45, 7) is 7.76. The molecule has 2 aliphatic heterocycles. The van der Waals surface area contributed by atoms with Gasteiger partial charge in [0.15, 0.2) is 0 Å². The van der Waals surface area contributed by atoms with Gasteiger partial charge in [0.05, 0.1) is 6.04 Å². The van der Waals surface area contributed by atoms with Crippen LogP contribution in [0, 0.1) is 11.8 Å². The van der Waals surface area contributed by atoms with Gasteiger partial charge in [-0.3, -0.25) is 0 Å². The number of piperidine rings is 1. The topological polar surface area (TPSA) is 59.1 Å². The summed E-state index contributed by atoms with van der Waals surface area (Å²) in [4.78, 5) is 28.9. The lowest BCUT2D eigenvalue weighted by molar-refractivity contribution is 0.0107. The van der Waals surface area contributed by atoms with Crippen LogP contribution in [-0.2, 0) is 16.1 Å². The fourth-order valence-corrected chi connectivity index (χ4v) is 4.95. The van der Waals surface area contributed by atoms with Crippen LogP contribution in [0.25, 0.3) is 0 Å². The van der Waals surface area contributed by atoms with Gasteiger partial charge in [-0.15, -0.1) is 0 Å². The van der Waals surface area contributed by atoms with Gasteiger partial charge in [0.1, 0.15) is 12.2 Å². The molecule has 0 spiro atoms. The molecule has 2 saturated heterocycles. The van der Waals surface area contributed by atoms with Crippen molar-refractivity contribution in [1.82, 2.24) is 9.80 Å². The number of carbonyl (C=O) groups excluding carboxylic acids is 2. The van der Waals surface area contributed by atoms with Crippen molar-refractivity contribution >= 4 is 34.8 Å². The van der Waals surface area contributed by atoms with E-state index >= 15 is 0 Å². The lowest BCUT2D eigenvalue weighted by Gasteiger charge is -2.38. The molecule has 6 nitrogen and oxygen atoms in total. The quantitative estimate of drug-likeness (QED) is 0.459. The largest absolute Gasteiger partial charge is 0.445 e. The molecule has 0 N–H and O–H groups in total. The molecule has 0 aromatic heterocycles. The van der Waals surface area contributed by atoms with Crippen LogP contribution >= 0.6 is 22.6 Å². The number of likely N-dealkylation sites (tertiary alicyclic amines) is 2. The van der Waals surface area contributed by atoms with Crippen LogP contribution in [0.1, 0.15) is 32.8 Å². The number of alkyl halides is 1. The van der Waals surface area contributed by atoms with Crippen molar-refractivity contribution in [3.05, 3.63) is 35.9 Å². The Bertz CT molecular complexity index is 691. The molecule has 0 radical (unpaired) electrons. The van der Waals surface area contributed by atoms with Crippen LogP contribution in [0.15, 0.2) is 30.3 Å². The lowest BCUT2D eigenvalue weighted by Crippen LogP contribution is -2.52. The van der Waals surface area contributed by atoms with Crippen molar-refractivity contribution in [3.8, 4) is 0 Å². The summed E-state index contributed by atoms with van der Waals surface area (Å²) in [5.41, 5.74) is 0.435. The molecule has 3 rings (SSSR count). The monoisotopic (exact) mass is 500 g/mol. The second-order valence-electron chi connectivity index (χ2n) is 8.55. The number of hydrogen-bond acceptors (Lipinski definition) is 4. The fourth-order valence-electron chi connectivity index (χ4n) is 4.02. The zero-order chi connectivity index (χ0) is 20.3. The number of carbonyl (C=O) groups is 2. The summed E-state index contributed by atoms with van der Waals surface area (Å²) in [6, 6.07) is 9.65. The molecule has 2 amide bonds. The molecule has 3 atom stereocenters. The summed E-state index contributed by atoms with van der Waals surface area (Å²) in [7, 11) is 0. The predicted molar refractivity (Wildman–Crippen MR) is 115 cm³/mol. The van der Waals surface area contributed by atoms with Crippen molar-refractivity contribution in [2.24, 2.45) is 11.8 Å². The molecular weight excluding hydrogens is 471 g/mol. The molecule has 0 saturated carbocycles. The SMILES string of the molecule is CC(C)(C)OC(=O)N1C[C@H](CI)[C@@H]2CCN(C(=O)OCc3ccccc3)C[C@@H]21. The summed E-state index contributed by atoms with van der Waals surface area (Å²) in [6.07, 6.45) is 0.289. The van der Waals surface area contributed by atoms with E-state index in [1.54, 1.807) is 4.90 Å². The minimum atomic E-state index is -0.530. The molecule has 1 aromatic carbocycles. The van der Waals surface area contributed by atoms with Crippen LogP contribution in [-0.4, -0.2) is 57.7 Å². The van der Waals surface area contributed by atoms with Crippen molar-refractivity contribution in [2.45, 2.75) is 45.4 Å². The highest BCUT2D eigenvalue weighted by Crippen LogP contribution is 2.38. The van der Waals surface area contributed by atoms with E-state index in [1.165, 1.54) is 0 Å². The van der Waals surface area contributed by atoms with Gasteiger partial charge in [-0.05, 0) is 44.6 Å². The Kier molecular flexibility index (Phi) is 6.73. The first-order chi connectivity index (χ1) is 13.3. The second kappa shape index (κ2) is 8.88. The Morgan fingerprint density at radius 2 is 1.86 bits per heavy atom. The molecule has 2 fully saturated rings. The van der Waals surface area contributed by atoms with E-state index in [9.17, 15) is 9.59 Å². The highest BCUT2D eigenvalue weighted by molar-refractivity contribution is 14.1. The average molecular weight is 500 g/mol. The van der Waals surface area contributed by atoms with Crippen LogP contribution in [0.3, 0.4) is 0 Å². The van der Waals surface area contributed by atoms with Gasteiger partial charge in [-0.25, -0.2) is 9.59 Å². The van der Waals surface area contributed by atoms with E-state index in [0.29, 0.717) is 31.5 Å².